The van der Waals surface area contributed by atoms with Crippen LogP contribution in [0.1, 0.15) is 51.5 Å². The van der Waals surface area contributed by atoms with Gasteiger partial charge in [0.25, 0.3) is 5.91 Å². The number of aliphatic hydroxyl groups excluding tert-OH is 1. The predicted octanol–water partition coefficient (Wildman–Crippen LogP) is 5.63. The molecule has 26 heavy (non-hydrogen) atoms. The largest absolute Gasteiger partial charge is 0.512 e. The number of carbonyl (C=O) groups is 1. The van der Waals surface area contributed by atoms with Gasteiger partial charge < -0.3 is 10.4 Å². The zero-order valence-electron chi connectivity index (χ0n) is 15.5. The smallest absolute Gasteiger partial charge is 0.254 e. The summed E-state index contributed by atoms with van der Waals surface area (Å²) in [6, 6.07) is 8.54. The van der Waals surface area contributed by atoms with Gasteiger partial charge in [0.05, 0.1) is 5.57 Å². The highest BCUT2D eigenvalue weighted by molar-refractivity contribution is 7.17. The van der Waals surface area contributed by atoms with Gasteiger partial charge in [-0.15, -0.1) is 11.3 Å². The summed E-state index contributed by atoms with van der Waals surface area (Å²) in [7, 11) is 0. The van der Waals surface area contributed by atoms with Gasteiger partial charge in [-0.3, -0.25) is 4.79 Å². The molecule has 0 saturated heterocycles. The third kappa shape index (κ3) is 3.70. The number of thiophene rings is 1. The van der Waals surface area contributed by atoms with Gasteiger partial charge in [0.15, 0.2) is 0 Å². The first-order chi connectivity index (χ1) is 12.6. The van der Waals surface area contributed by atoms with Gasteiger partial charge in [-0.1, -0.05) is 49.6 Å². The summed E-state index contributed by atoms with van der Waals surface area (Å²) in [5, 5.41) is 16.5. The Bertz CT molecular complexity index is 837. The van der Waals surface area contributed by atoms with Crippen LogP contribution in [0.15, 0.2) is 53.1 Å². The molecule has 3 rings (SSSR count). The second kappa shape index (κ2) is 8.09. The molecule has 4 heteroatoms. The van der Waals surface area contributed by atoms with Gasteiger partial charge >= 0.3 is 0 Å². The average Bonchev–Trinajstić information content (AvgIpc) is 3.09. The molecule has 0 radical (unpaired) electrons. The highest BCUT2D eigenvalue weighted by Gasteiger charge is 2.36. The normalized spacial score (nSPS) is 18.1. The third-order valence-corrected chi connectivity index (χ3v) is 6.38. The van der Waals surface area contributed by atoms with Crippen molar-refractivity contribution in [2.75, 3.05) is 6.54 Å². The lowest BCUT2D eigenvalue weighted by Gasteiger charge is -2.37. The van der Waals surface area contributed by atoms with E-state index in [9.17, 15) is 9.90 Å². The van der Waals surface area contributed by atoms with Crippen molar-refractivity contribution in [3.8, 4) is 0 Å². The van der Waals surface area contributed by atoms with E-state index in [1.807, 2.05) is 6.92 Å². The Morgan fingerprint density at radius 2 is 2.00 bits per heavy atom. The van der Waals surface area contributed by atoms with Crippen LogP contribution >= 0.6 is 11.3 Å². The van der Waals surface area contributed by atoms with Gasteiger partial charge in [-0.2, -0.15) is 0 Å². The van der Waals surface area contributed by atoms with E-state index in [2.05, 4.69) is 35.0 Å². The summed E-state index contributed by atoms with van der Waals surface area (Å²) in [6.07, 6.45) is 9.27. The molecule has 1 heterocycles. The van der Waals surface area contributed by atoms with E-state index in [1.165, 1.54) is 34.9 Å². The van der Waals surface area contributed by atoms with Gasteiger partial charge in [0.2, 0.25) is 0 Å². The zero-order chi connectivity index (χ0) is 18.6. The molecule has 3 nitrogen and oxygen atoms in total. The number of amides is 1. The van der Waals surface area contributed by atoms with Crippen LogP contribution in [0, 0.1) is 0 Å². The molecule has 1 aliphatic rings. The van der Waals surface area contributed by atoms with Crippen LogP contribution in [-0.2, 0) is 10.2 Å². The van der Waals surface area contributed by atoms with E-state index >= 15 is 0 Å². The van der Waals surface area contributed by atoms with Crippen molar-refractivity contribution in [3.05, 3.63) is 58.7 Å². The minimum absolute atomic E-state index is 0.0160. The van der Waals surface area contributed by atoms with Crippen molar-refractivity contribution in [3.63, 3.8) is 0 Å². The van der Waals surface area contributed by atoms with Crippen LogP contribution in [0.4, 0.5) is 0 Å². The van der Waals surface area contributed by atoms with Crippen LogP contribution in [0.5, 0.6) is 0 Å². The topological polar surface area (TPSA) is 49.3 Å². The molecule has 1 amide bonds. The van der Waals surface area contributed by atoms with Crippen molar-refractivity contribution >= 4 is 27.3 Å². The molecule has 0 atom stereocenters. The van der Waals surface area contributed by atoms with Crippen molar-refractivity contribution in [1.82, 2.24) is 5.32 Å². The number of hydrogen-bond acceptors (Lipinski definition) is 3. The molecule has 2 aromatic rings. The first kappa shape index (κ1) is 18.7. The van der Waals surface area contributed by atoms with Gasteiger partial charge in [-0.25, -0.2) is 0 Å². The number of aliphatic hydroxyl groups is 1. The summed E-state index contributed by atoms with van der Waals surface area (Å²) in [5.74, 6) is -0.146. The molecular weight excluding hydrogens is 342 g/mol. The molecule has 138 valence electrons. The fourth-order valence-corrected chi connectivity index (χ4v) is 5.11. The van der Waals surface area contributed by atoms with Crippen molar-refractivity contribution in [2.24, 2.45) is 0 Å². The van der Waals surface area contributed by atoms with E-state index in [0.717, 1.165) is 12.8 Å². The van der Waals surface area contributed by atoms with Crippen molar-refractivity contribution < 1.29 is 9.90 Å². The van der Waals surface area contributed by atoms with E-state index in [1.54, 1.807) is 30.4 Å². The third-order valence-electron chi connectivity index (χ3n) is 5.42. The SMILES string of the molecule is C/C=C/C(C(=O)NCC1(c2csc3ccccc23)CCCCC1)=C(/C)O. The van der Waals surface area contributed by atoms with Gasteiger partial charge in [-0.05, 0) is 49.1 Å². The number of nitrogens with one attached hydrogen (secondary N) is 1. The van der Waals surface area contributed by atoms with E-state index in [4.69, 9.17) is 0 Å². The maximum absolute atomic E-state index is 12.6. The van der Waals surface area contributed by atoms with Gasteiger partial charge in [0.1, 0.15) is 5.76 Å². The standard InChI is InChI=1S/C22H27NO2S/c1-3-9-17(16(2)24)21(25)23-15-22(12-7-4-8-13-22)19-14-26-20-11-6-5-10-18(19)20/h3,5-6,9-11,14,24H,4,7-8,12-13,15H2,1-2H3,(H,23,25)/b9-3+,17-16+. The van der Waals surface area contributed by atoms with Crippen LogP contribution < -0.4 is 5.32 Å². The molecule has 1 aliphatic carbocycles. The molecular formula is C22H27NO2S. The Kier molecular flexibility index (Phi) is 5.82. The number of carbonyl (C=O) groups excluding carboxylic acids is 1. The summed E-state index contributed by atoms with van der Waals surface area (Å²) in [5.41, 5.74) is 1.70. The van der Waals surface area contributed by atoms with Crippen molar-refractivity contribution in [2.45, 2.75) is 51.4 Å². The lowest BCUT2D eigenvalue weighted by molar-refractivity contribution is -0.117. The quantitative estimate of drug-likeness (QED) is 0.408. The number of benzene rings is 1. The monoisotopic (exact) mass is 369 g/mol. The Balaban J connectivity index is 1.89. The number of rotatable bonds is 5. The minimum atomic E-state index is -0.201. The number of allylic oxidation sites excluding steroid dienone is 2. The fraction of sp³-hybridized carbons (Fsp3) is 0.409. The Labute approximate surface area is 159 Å². The molecule has 0 aliphatic heterocycles. The van der Waals surface area contributed by atoms with Crippen LogP contribution in [-0.4, -0.2) is 17.6 Å². The molecule has 0 bridgehead atoms. The number of fused-ring (bicyclic) bond motifs is 1. The van der Waals surface area contributed by atoms with Crippen molar-refractivity contribution in [1.29, 1.82) is 0 Å². The summed E-state index contributed by atoms with van der Waals surface area (Å²) in [4.78, 5) is 12.6. The maximum atomic E-state index is 12.6. The highest BCUT2D eigenvalue weighted by Crippen LogP contribution is 2.44. The average molecular weight is 370 g/mol. The first-order valence-electron chi connectivity index (χ1n) is 9.35. The second-order valence-corrected chi connectivity index (χ2v) is 8.08. The van der Waals surface area contributed by atoms with Gasteiger partial charge in [0, 0.05) is 16.7 Å². The molecule has 1 aromatic heterocycles. The molecule has 0 spiro atoms. The summed E-state index contributed by atoms with van der Waals surface area (Å²) in [6.45, 7) is 4.01. The Morgan fingerprint density at radius 1 is 1.27 bits per heavy atom. The summed E-state index contributed by atoms with van der Waals surface area (Å²) < 4.78 is 1.31. The number of hydrogen-bond donors (Lipinski definition) is 2. The van der Waals surface area contributed by atoms with E-state index < -0.39 is 0 Å². The predicted molar refractivity (Wildman–Crippen MR) is 110 cm³/mol. The van der Waals surface area contributed by atoms with Crippen LogP contribution in [0.3, 0.4) is 0 Å². The maximum Gasteiger partial charge on any atom is 0.254 e. The summed E-state index contributed by atoms with van der Waals surface area (Å²) >= 11 is 1.79. The Hall–Kier alpha value is -2.07. The molecule has 1 aromatic carbocycles. The zero-order valence-corrected chi connectivity index (χ0v) is 16.4. The second-order valence-electron chi connectivity index (χ2n) is 7.17. The molecule has 2 N–H and O–H groups in total. The molecule has 0 unspecified atom stereocenters. The lowest BCUT2D eigenvalue weighted by Crippen LogP contribution is -2.42. The fourth-order valence-electron chi connectivity index (χ4n) is 4.03. The minimum Gasteiger partial charge on any atom is -0.512 e. The molecule has 1 fully saturated rings. The Morgan fingerprint density at radius 3 is 2.69 bits per heavy atom. The van der Waals surface area contributed by atoms with E-state index in [0.29, 0.717) is 12.1 Å². The highest BCUT2D eigenvalue weighted by atomic mass is 32.1. The molecule has 1 saturated carbocycles. The first-order valence-corrected chi connectivity index (χ1v) is 10.2. The van der Waals surface area contributed by atoms with Crippen LogP contribution in [0.25, 0.3) is 10.1 Å². The van der Waals surface area contributed by atoms with E-state index in [-0.39, 0.29) is 17.1 Å². The van der Waals surface area contributed by atoms with Crippen LogP contribution in [0.2, 0.25) is 0 Å². The lowest BCUT2D eigenvalue weighted by atomic mass is 9.69.